The number of likely N-dealkylation sites (N-methyl/N-ethyl adjacent to an activating group) is 1. The van der Waals surface area contributed by atoms with Crippen molar-refractivity contribution in [3.05, 3.63) is 35.9 Å². The highest BCUT2D eigenvalue weighted by Gasteiger charge is 2.33. The molecule has 1 atom stereocenters. The van der Waals surface area contributed by atoms with Crippen molar-refractivity contribution in [1.29, 1.82) is 0 Å². The van der Waals surface area contributed by atoms with Gasteiger partial charge < -0.3 is 9.80 Å². The van der Waals surface area contributed by atoms with E-state index >= 15 is 0 Å². The number of carbonyl (C=O) groups excluding carboxylic acids is 2. The predicted molar refractivity (Wildman–Crippen MR) is 100 cm³/mol. The number of hydrogen-bond acceptors (Lipinski definition) is 3. The molecule has 0 spiro atoms. The molecule has 0 bridgehead atoms. The standard InChI is InChI=1S/C20H31N3O2/c1-20(2,3)19(25)23-13-9-12-22(14-15-23)17(18(24)21(4)5)16-10-7-6-8-11-16/h6-8,10-11,17H,9,12-15H2,1-5H3/t17-/m1/s1. The van der Waals surface area contributed by atoms with Crippen LogP contribution in [0.3, 0.4) is 0 Å². The molecule has 1 fully saturated rings. The van der Waals surface area contributed by atoms with Crippen molar-refractivity contribution in [2.24, 2.45) is 5.41 Å². The van der Waals surface area contributed by atoms with Crippen molar-refractivity contribution < 1.29 is 9.59 Å². The van der Waals surface area contributed by atoms with Gasteiger partial charge in [0, 0.05) is 45.7 Å². The summed E-state index contributed by atoms with van der Waals surface area (Å²) in [5.74, 6) is 0.270. The molecule has 1 heterocycles. The Morgan fingerprint density at radius 1 is 1.00 bits per heavy atom. The fraction of sp³-hybridized carbons (Fsp3) is 0.600. The summed E-state index contributed by atoms with van der Waals surface area (Å²) < 4.78 is 0. The lowest BCUT2D eigenvalue weighted by molar-refractivity contribution is -0.139. The molecule has 5 nitrogen and oxygen atoms in total. The van der Waals surface area contributed by atoms with E-state index in [-0.39, 0.29) is 23.3 Å². The van der Waals surface area contributed by atoms with Gasteiger partial charge >= 0.3 is 0 Å². The SMILES string of the molecule is CN(C)C(=O)[C@@H](c1ccccc1)N1CCCN(C(=O)C(C)(C)C)CC1. The lowest BCUT2D eigenvalue weighted by Gasteiger charge is -2.32. The predicted octanol–water partition coefficient (Wildman–Crippen LogP) is 2.40. The zero-order chi connectivity index (χ0) is 18.6. The molecule has 1 saturated heterocycles. The first-order valence-corrected chi connectivity index (χ1v) is 9.01. The fourth-order valence-electron chi connectivity index (χ4n) is 3.26. The van der Waals surface area contributed by atoms with Crippen LogP contribution in [-0.4, -0.2) is 66.8 Å². The van der Waals surface area contributed by atoms with Gasteiger partial charge in [0.1, 0.15) is 6.04 Å². The lowest BCUT2D eigenvalue weighted by atomic mass is 9.94. The minimum absolute atomic E-state index is 0.0850. The third-order valence-corrected chi connectivity index (χ3v) is 4.61. The van der Waals surface area contributed by atoms with Crippen molar-refractivity contribution in [2.45, 2.75) is 33.2 Å². The van der Waals surface area contributed by atoms with Gasteiger partial charge in [-0.2, -0.15) is 0 Å². The average Bonchev–Trinajstić information content (AvgIpc) is 2.80. The van der Waals surface area contributed by atoms with Crippen molar-refractivity contribution >= 4 is 11.8 Å². The highest BCUT2D eigenvalue weighted by Crippen LogP contribution is 2.25. The van der Waals surface area contributed by atoms with Crippen LogP contribution in [0.25, 0.3) is 0 Å². The third-order valence-electron chi connectivity index (χ3n) is 4.61. The molecule has 0 radical (unpaired) electrons. The van der Waals surface area contributed by atoms with Gasteiger partial charge in [0.25, 0.3) is 0 Å². The van der Waals surface area contributed by atoms with E-state index in [1.54, 1.807) is 19.0 Å². The van der Waals surface area contributed by atoms with Crippen molar-refractivity contribution in [3.8, 4) is 0 Å². The molecule has 1 aliphatic heterocycles. The summed E-state index contributed by atoms with van der Waals surface area (Å²) in [4.78, 5) is 31.2. The molecule has 138 valence electrons. The van der Waals surface area contributed by atoms with Gasteiger partial charge in [-0.3, -0.25) is 14.5 Å². The first-order valence-electron chi connectivity index (χ1n) is 9.01. The topological polar surface area (TPSA) is 43.9 Å². The smallest absolute Gasteiger partial charge is 0.244 e. The average molecular weight is 345 g/mol. The number of carbonyl (C=O) groups is 2. The van der Waals surface area contributed by atoms with Crippen LogP contribution >= 0.6 is 0 Å². The Kier molecular flexibility index (Phi) is 6.22. The first kappa shape index (κ1) is 19.4. The largest absolute Gasteiger partial charge is 0.347 e. The lowest BCUT2D eigenvalue weighted by Crippen LogP contribution is -2.44. The van der Waals surface area contributed by atoms with Crippen molar-refractivity contribution in [2.75, 3.05) is 40.3 Å². The van der Waals surface area contributed by atoms with Crippen LogP contribution in [0.4, 0.5) is 0 Å². The van der Waals surface area contributed by atoms with Crippen molar-refractivity contribution in [3.63, 3.8) is 0 Å². The second-order valence-electron chi connectivity index (χ2n) is 7.98. The Hall–Kier alpha value is -1.88. The molecule has 0 aromatic heterocycles. The summed E-state index contributed by atoms with van der Waals surface area (Å²) in [5.41, 5.74) is 0.643. The Morgan fingerprint density at radius 2 is 1.64 bits per heavy atom. The van der Waals surface area contributed by atoms with Crippen LogP contribution in [0.15, 0.2) is 30.3 Å². The Bertz CT molecular complexity index is 593. The molecule has 1 aliphatic rings. The summed E-state index contributed by atoms with van der Waals surface area (Å²) in [5, 5.41) is 0. The van der Waals surface area contributed by atoms with Gasteiger partial charge in [-0.25, -0.2) is 0 Å². The minimum atomic E-state index is -0.368. The number of benzene rings is 1. The summed E-state index contributed by atoms with van der Waals surface area (Å²) in [6.45, 7) is 8.82. The molecule has 0 saturated carbocycles. The number of hydrogen-bond donors (Lipinski definition) is 0. The highest BCUT2D eigenvalue weighted by atomic mass is 16.2. The van der Waals surface area contributed by atoms with Gasteiger partial charge in [0.15, 0.2) is 0 Å². The summed E-state index contributed by atoms with van der Waals surface area (Å²) in [6.07, 6.45) is 0.881. The molecule has 1 aromatic carbocycles. The second-order valence-corrected chi connectivity index (χ2v) is 7.98. The number of amides is 2. The molecule has 25 heavy (non-hydrogen) atoms. The van der Waals surface area contributed by atoms with E-state index in [4.69, 9.17) is 0 Å². The van der Waals surface area contributed by atoms with Crippen LogP contribution in [0.2, 0.25) is 0 Å². The zero-order valence-electron chi connectivity index (χ0n) is 16.2. The first-order chi connectivity index (χ1) is 11.7. The van der Waals surface area contributed by atoms with Gasteiger partial charge in [0.05, 0.1) is 0 Å². The van der Waals surface area contributed by atoms with Gasteiger partial charge in [0.2, 0.25) is 11.8 Å². The zero-order valence-corrected chi connectivity index (χ0v) is 16.2. The highest BCUT2D eigenvalue weighted by molar-refractivity contribution is 5.83. The van der Waals surface area contributed by atoms with Crippen molar-refractivity contribution in [1.82, 2.24) is 14.7 Å². The maximum atomic E-state index is 12.8. The molecule has 1 aromatic rings. The van der Waals surface area contributed by atoms with Gasteiger partial charge in [-0.05, 0) is 12.0 Å². The minimum Gasteiger partial charge on any atom is -0.347 e. The molecule has 2 amide bonds. The normalized spacial score (nSPS) is 17.7. The van der Waals surface area contributed by atoms with E-state index in [9.17, 15) is 9.59 Å². The maximum Gasteiger partial charge on any atom is 0.244 e. The van der Waals surface area contributed by atoms with Crippen LogP contribution in [0.1, 0.15) is 38.8 Å². The summed E-state index contributed by atoms with van der Waals surface area (Å²) >= 11 is 0. The second kappa shape index (κ2) is 8.00. The van der Waals surface area contributed by atoms with Crippen LogP contribution in [-0.2, 0) is 9.59 Å². The molecule has 2 rings (SSSR count). The molecule has 0 unspecified atom stereocenters. The Balaban J connectivity index is 2.19. The fourth-order valence-corrected chi connectivity index (χ4v) is 3.26. The molecule has 0 N–H and O–H groups in total. The van der Waals surface area contributed by atoms with E-state index in [0.29, 0.717) is 13.1 Å². The van der Waals surface area contributed by atoms with Crippen LogP contribution in [0.5, 0.6) is 0 Å². The number of nitrogens with zero attached hydrogens (tertiary/aromatic N) is 3. The quantitative estimate of drug-likeness (QED) is 0.845. The summed E-state index contributed by atoms with van der Waals surface area (Å²) in [6, 6.07) is 9.63. The van der Waals surface area contributed by atoms with E-state index < -0.39 is 0 Å². The molecule has 0 aliphatic carbocycles. The Labute approximate surface area is 151 Å². The molecular formula is C20H31N3O2. The van der Waals surface area contributed by atoms with Crippen LogP contribution in [0, 0.1) is 5.41 Å². The van der Waals surface area contributed by atoms with E-state index in [1.165, 1.54) is 0 Å². The maximum absolute atomic E-state index is 12.8. The Morgan fingerprint density at radius 3 is 2.20 bits per heavy atom. The third kappa shape index (κ3) is 4.82. The number of rotatable bonds is 3. The summed E-state index contributed by atoms with van der Waals surface area (Å²) in [7, 11) is 3.59. The van der Waals surface area contributed by atoms with E-state index in [1.807, 2.05) is 56.0 Å². The van der Waals surface area contributed by atoms with Crippen LogP contribution < -0.4 is 0 Å². The van der Waals surface area contributed by atoms with E-state index in [2.05, 4.69) is 4.90 Å². The monoisotopic (exact) mass is 345 g/mol. The van der Waals surface area contributed by atoms with E-state index in [0.717, 1.165) is 25.1 Å². The van der Waals surface area contributed by atoms with Gasteiger partial charge in [-0.15, -0.1) is 0 Å². The molecular weight excluding hydrogens is 314 g/mol. The molecule has 5 heteroatoms. The van der Waals surface area contributed by atoms with Gasteiger partial charge in [-0.1, -0.05) is 51.1 Å².